The smallest absolute Gasteiger partial charge is 0.334 e. The van der Waals surface area contributed by atoms with E-state index in [4.69, 9.17) is 0 Å². The van der Waals surface area contributed by atoms with Gasteiger partial charge in [0.1, 0.15) is 24.0 Å². The Morgan fingerprint density at radius 1 is 1.11 bits per heavy atom. The van der Waals surface area contributed by atoms with Crippen molar-refractivity contribution in [3.05, 3.63) is 78.0 Å². The SMILES string of the molecule is Cn1nccc1Nc1ncc(F)c(-c2cc3n(c2)C[C@H](CF)n2c-3nnc2C(F)(F)c2ccccc2F)n1. The van der Waals surface area contributed by atoms with Crippen LogP contribution in [-0.4, -0.2) is 45.8 Å². The average Bonchev–Trinajstić information content (AvgIpc) is 3.63. The van der Waals surface area contributed by atoms with Crippen LogP contribution in [0.3, 0.4) is 0 Å². The summed E-state index contributed by atoms with van der Waals surface area (Å²) >= 11 is 0. The highest BCUT2D eigenvalue weighted by atomic mass is 19.3. The summed E-state index contributed by atoms with van der Waals surface area (Å²) in [6, 6.07) is 6.50. The highest BCUT2D eigenvalue weighted by molar-refractivity contribution is 5.69. The lowest BCUT2D eigenvalue weighted by Crippen LogP contribution is -2.30. The monoisotopic (exact) mass is 527 g/mol. The van der Waals surface area contributed by atoms with E-state index in [1.54, 1.807) is 28.6 Å². The van der Waals surface area contributed by atoms with Crippen LogP contribution in [0, 0.1) is 11.6 Å². The van der Waals surface area contributed by atoms with Gasteiger partial charge in [-0.3, -0.25) is 9.25 Å². The molecular formula is C24H18F5N9. The molecule has 0 radical (unpaired) electrons. The molecule has 0 bridgehead atoms. The van der Waals surface area contributed by atoms with Crippen molar-refractivity contribution in [1.29, 1.82) is 0 Å². The minimum absolute atomic E-state index is 0.0566. The molecule has 1 aliphatic heterocycles. The molecule has 38 heavy (non-hydrogen) atoms. The molecule has 1 N–H and O–H groups in total. The van der Waals surface area contributed by atoms with Crippen LogP contribution in [0.2, 0.25) is 0 Å². The Kier molecular flexibility index (Phi) is 5.47. The molecule has 0 amide bonds. The highest BCUT2D eigenvalue weighted by Gasteiger charge is 2.45. The summed E-state index contributed by atoms with van der Waals surface area (Å²) < 4.78 is 78.2. The van der Waals surface area contributed by atoms with Crippen molar-refractivity contribution in [3.8, 4) is 22.8 Å². The second-order valence-corrected chi connectivity index (χ2v) is 8.70. The molecule has 1 aromatic carbocycles. The van der Waals surface area contributed by atoms with Crippen molar-refractivity contribution in [2.24, 2.45) is 7.05 Å². The average molecular weight is 527 g/mol. The standard InChI is InChI=1S/C24H18F5N9/c1-36-19(6-7-31-36)32-23-30-10-17(27)20(33-23)13-8-18-21-34-35-22(38(21)14(9-25)12-37(18)11-13)24(28,29)15-4-2-3-5-16(15)26/h2-8,10-11,14H,9,12H2,1H3,(H,30,32,33)/t14-/m0/s1. The highest BCUT2D eigenvalue weighted by Crippen LogP contribution is 2.42. The van der Waals surface area contributed by atoms with Crippen LogP contribution in [-0.2, 0) is 19.5 Å². The number of anilines is 2. The summed E-state index contributed by atoms with van der Waals surface area (Å²) in [4.78, 5) is 8.22. The number of nitrogens with one attached hydrogen (secondary N) is 1. The number of hydrogen-bond donors (Lipinski definition) is 1. The van der Waals surface area contributed by atoms with E-state index in [1.165, 1.54) is 24.4 Å². The molecule has 1 atom stereocenters. The van der Waals surface area contributed by atoms with Gasteiger partial charge >= 0.3 is 5.92 Å². The van der Waals surface area contributed by atoms with Crippen LogP contribution in [0.5, 0.6) is 0 Å². The summed E-state index contributed by atoms with van der Waals surface area (Å²) in [5, 5.41) is 14.5. The lowest BCUT2D eigenvalue weighted by Gasteiger charge is -2.28. The predicted octanol–water partition coefficient (Wildman–Crippen LogP) is 4.62. The molecule has 0 unspecified atom stereocenters. The van der Waals surface area contributed by atoms with Gasteiger partial charge in [-0.15, -0.1) is 10.2 Å². The first-order chi connectivity index (χ1) is 18.3. The predicted molar refractivity (Wildman–Crippen MR) is 125 cm³/mol. The fourth-order valence-corrected chi connectivity index (χ4v) is 4.51. The van der Waals surface area contributed by atoms with Crippen LogP contribution < -0.4 is 5.32 Å². The van der Waals surface area contributed by atoms with Gasteiger partial charge in [0, 0.05) is 31.4 Å². The fraction of sp³-hybridized carbons (Fsp3) is 0.208. The Hall–Kier alpha value is -4.62. The first-order valence-electron chi connectivity index (χ1n) is 11.4. The zero-order valence-corrected chi connectivity index (χ0v) is 19.7. The van der Waals surface area contributed by atoms with Gasteiger partial charge in [-0.25, -0.2) is 23.1 Å². The number of rotatable bonds is 6. The molecule has 4 aromatic heterocycles. The van der Waals surface area contributed by atoms with E-state index in [2.05, 4.69) is 30.6 Å². The van der Waals surface area contributed by atoms with Gasteiger partial charge in [-0.05, 0) is 18.2 Å². The molecular weight excluding hydrogens is 509 g/mol. The number of fused-ring (bicyclic) bond motifs is 3. The van der Waals surface area contributed by atoms with Gasteiger partial charge in [-0.1, -0.05) is 12.1 Å². The third-order valence-corrected chi connectivity index (χ3v) is 6.34. The van der Waals surface area contributed by atoms with Gasteiger partial charge in [0.25, 0.3) is 0 Å². The topological polar surface area (TPSA) is 91.3 Å². The number of hydrogen-bond acceptors (Lipinski definition) is 6. The van der Waals surface area contributed by atoms with E-state index in [1.807, 2.05) is 0 Å². The number of nitrogens with zero attached hydrogens (tertiary/aromatic N) is 8. The molecule has 14 heteroatoms. The van der Waals surface area contributed by atoms with E-state index in [0.29, 0.717) is 17.1 Å². The van der Waals surface area contributed by atoms with Crippen molar-refractivity contribution in [2.45, 2.75) is 18.5 Å². The molecule has 1 aliphatic rings. The molecule has 9 nitrogen and oxygen atoms in total. The van der Waals surface area contributed by atoms with Crippen LogP contribution in [0.15, 0.2) is 55.0 Å². The van der Waals surface area contributed by atoms with Crippen LogP contribution in [0.1, 0.15) is 17.4 Å². The Balaban J connectivity index is 1.42. The van der Waals surface area contributed by atoms with Gasteiger partial charge in [-0.2, -0.15) is 13.9 Å². The van der Waals surface area contributed by atoms with E-state index < -0.39 is 41.7 Å². The summed E-state index contributed by atoms with van der Waals surface area (Å²) in [6.45, 7) is -1.08. The Morgan fingerprint density at radius 3 is 2.66 bits per heavy atom. The molecule has 0 fully saturated rings. The third-order valence-electron chi connectivity index (χ3n) is 6.34. The number of alkyl halides is 3. The maximum absolute atomic E-state index is 15.4. The van der Waals surface area contributed by atoms with Crippen LogP contribution in [0.4, 0.5) is 33.7 Å². The van der Waals surface area contributed by atoms with Crippen molar-refractivity contribution in [1.82, 2.24) is 39.1 Å². The van der Waals surface area contributed by atoms with Crippen molar-refractivity contribution in [2.75, 3.05) is 12.0 Å². The minimum Gasteiger partial charge on any atom is -0.342 e. The number of halogens is 5. The zero-order valence-electron chi connectivity index (χ0n) is 19.7. The summed E-state index contributed by atoms with van der Waals surface area (Å²) in [7, 11) is 1.70. The molecule has 0 aliphatic carbocycles. The van der Waals surface area contributed by atoms with Gasteiger partial charge < -0.3 is 9.88 Å². The fourth-order valence-electron chi connectivity index (χ4n) is 4.51. The summed E-state index contributed by atoms with van der Waals surface area (Å²) in [6.07, 6.45) is 4.10. The van der Waals surface area contributed by atoms with Gasteiger partial charge in [0.15, 0.2) is 11.6 Å². The maximum atomic E-state index is 15.4. The minimum atomic E-state index is -3.88. The molecule has 0 saturated heterocycles. The second-order valence-electron chi connectivity index (χ2n) is 8.70. The summed E-state index contributed by atoms with van der Waals surface area (Å²) in [5.41, 5.74) is -0.367. The van der Waals surface area contributed by atoms with Crippen molar-refractivity contribution < 1.29 is 22.0 Å². The second kappa shape index (κ2) is 8.75. The molecule has 0 saturated carbocycles. The lowest BCUT2D eigenvalue weighted by molar-refractivity contribution is 0.0221. The normalized spacial score (nSPS) is 14.8. The Morgan fingerprint density at radius 2 is 1.92 bits per heavy atom. The Labute approximate surface area is 211 Å². The molecule has 194 valence electrons. The first kappa shape index (κ1) is 23.8. The van der Waals surface area contributed by atoms with E-state index in [0.717, 1.165) is 22.9 Å². The maximum Gasteiger partial charge on any atom is 0.334 e. The lowest BCUT2D eigenvalue weighted by atomic mass is 10.1. The van der Waals surface area contributed by atoms with Crippen molar-refractivity contribution in [3.63, 3.8) is 0 Å². The van der Waals surface area contributed by atoms with E-state index >= 15 is 8.78 Å². The largest absolute Gasteiger partial charge is 0.342 e. The van der Waals surface area contributed by atoms with Crippen molar-refractivity contribution >= 4 is 11.8 Å². The number of aromatic nitrogens is 8. The Bertz CT molecular complexity index is 1650. The molecule has 5 aromatic rings. The van der Waals surface area contributed by atoms with Crippen LogP contribution in [0.25, 0.3) is 22.8 Å². The summed E-state index contributed by atoms with van der Waals surface area (Å²) in [5.74, 6) is -6.00. The first-order valence-corrected chi connectivity index (χ1v) is 11.4. The number of benzene rings is 1. The molecule has 6 rings (SSSR count). The zero-order chi connectivity index (χ0) is 26.6. The third kappa shape index (κ3) is 3.71. The van der Waals surface area contributed by atoms with Gasteiger partial charge in [0.05, 0.1) is 29.7 Å². The van der Waals surface area contributed by atoms with Crippen LogP contribution >= 0.6 is 0 Å². The molecule has 0 spiro atoms. The molecule has 5 heterocycles. The van der Waals surface area contributed by atoms with Gasteiger partial charge in [0.2, 0.25) is 11.8 Å². The number of aryl methyl sites for hydroxylation is 1. The van der Waals surface area contributed by atoms with E-state index in [9.17, 15) is 13.2 Å². The quantitative estimate of drug-likeness (QED) is 0.324. The van der Waals surface area contributed by atoms with E-state index in [-0.39, 0.29) is 24.0 Å².